The van der Waals surface area contributed by atoms with Crippen LogP contribution in [0.4, 0.5) is 10.5 Å². The van der Waals surface area contributed by atoms with Gasteiger partial charge in [0, 0.05) is 7.11 Å². The summed E-state index contributed by atoms with van der Waals surface area (Å²) in [5, 5.41) is 0.338. The molecule has 3 rings (SSSR count). The highest BCUT2D eigenvalue weighted by molar-refractivity contribution is 6.39. The molecule has 0 unspecified atom stereocenters. The number of hydrogen-bond donors (Lipinski definition) is 0. The van der Waals surface area contributed by atoms with E-state index in [1.54, 1.807) is 48.5 Å². The van der Waals surface area contributed by atoms with Crippen LogP contribution in [0.25, 0.3) is 6.08 Å². The lowest BCUT2D eigenvalue weighted by Crippen LogP contribution is -2.57. The van der Waals surface area contributed by atoms with Gasteiger partial charge in [-0.05, 0) is 35.9 Å². The molecule has 0 radical (unpaired) electrons. The summed E-state index contributed by atoms with van der Waals surface area (Å²) in [5.74, 6) is -0.916. The molecule has 0 atom stereocenters. The number of rotatable bonds is 6. The van der Waals surface area contributed by atoms with E-state index < -0.39 is 17.8 Å². The van der Waals surface area contributed by atoms with Crippen LogP contribution in [0.15, 0.2) is 54.1 Å². The van der Waals surface area contributed by atoms with E-state index >= 15 is 0 Å². The van der Waals surface area contributed by atoms with Crippen molar-refractivity contribution < 1.29 is 23.9 Å². The second-order valence-electron chi connectivity index (χ2n) is 6.16. The monoisotopic (exact) mass is 414 g/mol. The number of barbiturate groups is 1. The Hall–Kier alpha value is -3.16. The van der Waals surface area contributed by atoms with Crippen molar-refractivity contribution in [1.29, 1.82) is 0 Å². The lowest BCUT2D eigenvalue weighted by atomic mass is 10.1. The second kappa shape index (κ2) is 8.89. The van der Waals surface area contributed by atoms with E-state index in [0.29, 0.717) is 22.0 Å². The highest BCUT2D eigenvalue weighted by Crippen LogP contribution is 2.29. The van der Waals surface area contributed by atoms with Crippen molar-refractivity contribution >= 4 is 41.2 Å². The van der Waals surface area contributed by atoms with Gasteiger partial charge < -0.3 is 9.47 Å². The lowest BCUT2D eigenvalue weighted by Gasteiger charge is -2.33. The molecule has 0 aromatic heterocycles. The number of anilines is 1. The number of benzene rings is 2. The number of para-hydroxylation sites is 1. The average Bonchev–Trinajstić information content (AvgIpc) is 2.72. The van der Waals surface area contributed by atoms with E-state index in [0.717, 1.165) is 9.80 Å². The Kier molecular flexibility index (Phi) is 6.31. The molecule has 1 aliphatic rings. The molecule has 0 saturated carbocycles. The Morgan fingerprint density at radius 3 is 2.34 bits per heavy atom. The number of urea groups is 1. The smallest absolute Gasteiger partial charge is 0.338 e. The van der Waals surface area contributed by atoms with Gasteiger partial charge in [-0.15, -0.1) is 0 Å². The lowest BCUT2D eigenvalue weighted by molar-refractivity contribution is -0.129. The van der Waals surface area contributed by atoms with Crippen LogP contribution >= 0.6 is 11.6 Å². The molecule has 1 saturated heterocycles. The standard InChI is InChI=1S/C21H19ClN2O5/c1-28-11-10-23-19(25)16(12-14-8-9-18(29-2)17(22)13-14)20(26)24(21(23)27)15-6-4-3-5-7-15/h3-9,12-13H,10-11H2,1-2H3/b16-12-. The molecular weight excluding hydrogens is 396 g/mol. The number of amides is 4. The van der Waals surface area contributed by atoms with Gasteiger partial charge in [-0.25, -0.2) is 9.69 Å². The summed E-state index contributed by atoms with van der Waals surface area (Å²) in [4.78, 5) is 40.8. The molecule has 1 aliphatic heterocycles. The van der Waals surface area contributed by atoms with Gasteiger partial charge in [0.25, 0.3) is 11.8 Å². The van der Waals surface area contributed by atoms with Crippen LogP contribution in [0.2, 0.25) is 5.02 Å². The molecule has 1 fully saturated rings. The maximum atomic E-state index is 13.1. The number of hydrogen-bond acceptors (Lipinski definition) is 5. The molecule has 4 amide bonds. The molecule has 2 aromatic rings. The second-order valence-corrected chi connectivity index (χ2v) is 6.57. The minimum absolute atomic E-state index is 0.0193. The van der Waals surface area contributed by atoms with Crippen molar-refractivity contribution in [3.8, 4) is 5.75 Å². The summed E-state index contributed by atoms with van der Waals surface area (Å²) in [6, 6.07) is 12.6. The molecule has 2 aromatic carbocycles. The van der Waals surface area contributed by atoms with Gasteiger partial charge >= 0.3 is 6.03 Å². The van der Waals surface area contributed by atoms with Crippen LogP contribution in [0.5, 0.6) is 5.75 Å². The molecular formula is C21H19ClN2O5. The summed E-state index contributed by atoms with van der Waals surface area (Å²) in [5.41, 5.74) is 0.753. The van der Waals surface area contributed by atoms with E-state index in [9.17, 15) is 14.4 Å². The molecule has 7 nitrogen and oxygen atoms in total. The fraction of sp³-hybridized carbons (Fsp3) is 0.190. The average molecular weight is 415 g/mol. The van der Waals surface area contributed by atoms with Crippen molar-refractivity contribution in [2.24, 2.45) is 0 Å². The minimum Gasteiger partial charge on any atom is -0.495 e. The number of carbonyl (C=O) groups is 3. The Bertz CT molecular complexity index is 974. The van der Waals surface area contributed by atoms with Crippen LogP contribution < -0.4 is 9.64 Å². The molecule has 8 heteroatoms. The Labute approximate surface area is 173 Å². The van der Waals surface area contributed by atoms with Crippen LogP contribution in [-0.4, -0.2) is 50.1 Å². The van der Waals surface area contributed by atoms with Gasteiger partial charge in [0.15, 0.2) is 0 Å². The Morgan fingerprint density at radius 2 is 1.72 bits per heavy atom. The molecule has 29 heavy (non-hydrogen) atoms. The van der Waals surface area contributed by atoms with Gasteiger partial charge in [-0.2, -0.15) is 0 Å². The minimum atomic E-state index is -0.715. The Balaban J connectivity index is 2.06. The summed E-state index contributed by atoms with van der Waals surface area (Å²) in [6.45, 7) is 0.168. The third kappa shape index (κ3) is 4.16. The van der Waals surface area contributed by atoms with Crippen LogP contribution in [-0.2, 0) is 14.3 Å². The third-order valence-electron chi connectivity index (χ3n) is 4.35. The van der Waals surface area contributed by atoms with E-state index in [2.05, 4.69) is 0 Å². The number of methoxy groups -OCH3 is 2. The summed E-state index contributed by atoms with van der Waals surface area (Å²) < 4.78 is 10.1. The number of carbonyl (C=O) groups excluding carboxylic acids is 3. The SMILES string of the molecule is COCCN1C(=O)/C(=C/c2ccc(OC)c(Cl)c2)C(=O)N(c2ccccc2)C1=O. The van der Waals surface area contributed by atoms with E-state index in [1.165, 1.54) is 20.3 Å². The maximum Gasteiger partial charge on any atom is 0.338 e. The van der Waals surface area contributed by atoms with Crippen LogP contribution in [0.3, 0.4) is 0 Å². The van der Waals surface area contributed by atoms with E-state index in [-0.39, 0.29) is 18.7 Å². The highest BCUT2D eigenvalue weighted by Gasteiger charge is 2.42. The van der Waals surface area contributed by atoms with Gasteiger partial charge in [-0.3, -0.25) is 14.5 Å². The first-order valence-corrected chi connectivity index (χ1v) is 9.15. The quantitative estimate of drug-likeness (QED) is 0.535. The number of imide groups is 2. The van der Waals surface area contributed by atoms with E-state index in [4.69, 9.17) is 21.1 Å². The predicted octanol–water partition coefficient (Wildman–Crippen LogP) is 3.37. The topological polar surface area (TPSA) is 76.2 Å². The largest absolute Gasteiger partial charge is 0.495 e. The first-order valence-electron chi connectivity index (χ1n) is 8.77. The van der Waals surface area contributed by atoms with Crippen molar-refractivity contribution in [2.75, 3.05) is 32.3 Å². The van der Waals surface area contributed by atoms with Gasteiger partial charge in [0.2, 0.25) is 0 Å². The van der Waals surface area contributed by atoms with Crippen molar-refractivity contribution in [1.82, 2.24) is 4.90 Å². The number of halogens is 1. The normalized spacial score (nSPS) is 16.0. The van der Waals surface area contributed by atoms with Crippen molar-refractivity contribution in [3.05, 3.63) is 64.7 Å². The fourth-order valence-electron chi connectivity index (χ4n) is 2.90. The summed E-state index contributed by atoms with van der Waals surface area (Å²) >= 11 is 6.15. The van der Waals surface area contributed by atoms with Crippen LogP contribution in [0.1, 0.15) is 5.56 Å². The predicted molar refractivity (Wildman–Crippen MR) is 109 cm³/mol. The third-order valence-corrected chi connectivity index (χ3v) is 4.65. The number of ether oxygens (including phenoxy) is 2. The molecule has 0 spiro atoms. The summed E-state index contributed by atoms with van der Waals surface area (Å²) in [7, 11) is 2.96. The zero-order valence-electron chi connectivity index (χ0n) is 15.9. The molecule has 0 aliphatic carbocycles. The summed E-state index contributed by atoms with van der Waals surface area (Å²) in [6.07, 6.45) is 1.41. The highest BCUT2D eigenvalue weighted by atomic mass is 35.5. The van der Waals surface area contributed by atoms with E-state index in [1.807, 2.05) is 0 Å². The van der Waals surface area contributed by atoms with Gasteiger partial charge in [-0.1, -0.05) is 35.9 Å². The zero-order valence-corrected chi connectivity index (χ0v) is 16.7. The van der Waals surface area contributed by atoms with Crippen LogP contribution in [0, 0.1) is 0 Å². The molecule has 150 valence electrons. The van der Waals surface area contributed by atoms with Gasteiger partial charge in [0.05, 0.1) is 31.0 Å². The molecule has 0 N–H and O–H groups in total. The van der Waals surface area contributed by atoms with Crippen molar-refractivity contribution in [2.45, 2.75) is 0 Å². The first-order chi connectivity index (χ1) is 14.0. The van der Waals surface area contributed by atoms with Gasteiger partial charge in [0.1, 0.15) is 11.3 Å². The Morgan fingerprint density at radius 1 is 1.00 bits per heavy atom. The fourth-order valence-corrected chi connectivity index (χ4v) is 3.16. The molecule has 1 heterocycles. The van der Waals surface area contributed by atoms with Crippen molar-refractivity contribution in [3.63, 3.8) is 0 Å². The molecule has 0 bridgehead atoms. The first kappa shape index (κ1) is 20.6. The zero-order chi connectivity index (χ0) is 21.0. The number of nitrogens with zero attached hydrogens (tertiary/aromatic N) is 2. The maximum absolute atomic E-state index is 13.1.